The van der Waals surface area contributed by atoms with Crippen LogP contribution in [-0.2, 0) is 10.5 Å². The van der Waals surface area contributed by atoms with E-state index >= 15 is 0 Å². The molecular weight excluding hydrogens is 379 g/mol. The zero-order valence-electron chi connectivity index (χ0n) is 13.8. The summed E-state index contributed by atoms with van der Waals surface area (Å²) in [6.07, 6.45) is 0. The van der Waals surface area contributed by atoms with Crippen molar-refractivity contribution < 1.29 is 29.1 Å². The monoisotopic (exact) mass is 394 g/mol. The van der Waals surface area contributed by atoms with Gasteiger partial charge in [0.25, 0.3) is 5.69 Å². The van der Waals surface area contributed by atoms with Gasteiger partial charge < -0.3 is 15.5 Å². The van der Waals surface area contributed by atoms with Crippen molar-refractivity contribution in [2.24, 2.45) is 0 Å². The van der Waals surface area contributed by atoms with E-state index in [4.69, 9.17) is 5.11 Å². The summed E-state index contributed by atoms with van der Waals surface area (Å²) in [5.74, 6) is -2.73. The highest BCUT2D eigenvalue weighted by atomic mass is 32.2. The number of carboxylic acid groups (broad SMARTS) is 2. The Morgan fingerprint density at radius 2 is 1.93 bits per heavy atom. The number of hydrogen-bond acceptors (Lipinski definition) is 6. The van der Waals surface area contributed by atoms with E-state index in [0.29, 0.717) is 5.56 Å². The first kappa shape index (κ1) is 20.2. The Kier molecular flexibility index (Phi) is 6.72. The van der Waals surface area contributed by atoms with Crippen LogP contribution in [0.4, 0.5) is 15.8 Å². The highest BCUT2D eigenvalue weighted by Crippen LogP contribution is 2.27. The number of aromatic carboxylic acids is 1. The zero-order chi connectivity index (χ0) is 20.0. The van der Waals surface area contributed by atoms with Gasteiger partial charge in [0.15, 0.2) is 0 Å². The van der Waals surface area contributed by atoms with Crippen molar-refractivity contribution in [1.29, 1.82) is 0 Å². The van der Waals surface area contributed by atoms with E-state index in [0.717, 1.165) is 30.0 Å². The third-order valence-corrected chi connectivity index (χ3v) is 4.65. The second kappa shape index (κ2) is 8.99. The van der Waals surface area contributed by atoms with Crippen LogP contribution < -0.4 is 5.32 Å². The first-order chi connectivity index (χ1) is 12.8. The van der Waals surface area contributed by atoms with Crippen molar-refractivity contribution >= 4 is 35.1 Å². The second-order valence-electron chi connectivity index (χ2n) is 5.44. The van der Waals surface area contributed by atoms with Gasteiger partial charge >= 0.3 is 11.9 Å². The molecule has 142 valence electrons. The first-order valence-electron chi connectivity index (χ1n) is 7.62. The van der Waals surface area contributed by atoms with Crippen molar-refractivity contribution in [1.82, 2.24) is 0 Å². The number of halogens is 1. The maximum absolute atomic E-state index is 13.6. The molecule has 0 saturated heterocycles. The highest BCUT2D eigenvalue weighted by Gasteiger charge is 2.23. The van der Waals surface area contributed by atoms with Crippen LogP contribution in [0.15, 0.2) is 42.5 Å². The molecule has 0 heterocycles. The van der Waals surface area contributed by atoms with Gasteiger partial charge in [0.05, 0.1) is 10.5 Å². The van der Waals surface area contributed by atoms with E-state index in [-0.39, 0.29) is 22.8 Å². The molecule has 1 atom stereocenters. The van der Waals surface area contributed by atoms with E-state index in [1.54, 1.807) is 18.2 Å². The van der Waals surface area contributed by atoms with Crippen molar-refractivity contribution in [3.8, 4) is 0 Å². The molecule has 2 aromatic rings. The maximum Gasteiger partial charge on any atom is 0.335 e. The third kappa shape index (κ3) is 5.42. The quantitative estimate of drug-likeness (QED) is 0.437. The molecule has 0 aliphatic rings. The fourth-order valence-corrected chi connectivity index (χ4v) is 3.24. The minimum Gasteiger partial charge on any atom is -0.480 e. The summed E-state index contributed by atoms with van der Waals surface area (Å²) in [7, 11) is 0. The average Bonchev–Trinajstić information content (AvgIpc) is 2.62. The van der Waals surface area contributed by atoms with Crippen LogP contribution in [0.2, 0.25) is 0 Å². The molecule has 0 unspecified atom stereocenters. The highest BCUT2D eigenvalue weighted by molar-refractivity contribution is 7.98. The summed E-state index contributed by atoms with van der Waals surface area (Å²) in [5, 5.41) is 32.0. The molecule has 0 aliphatic heterocycles. The third-order valence-electron chi connectivity index (χ3n) is 3.57. The summed E-state index contributed by atoms with van der Waals surface area (Å²) in [6, 6.07) is 8.07. The Labute approximate surface area is 157 Å². The Morgan fingerprint density at radius 1 is 1.22 bits per heavy atom. The van der Waals surface area contributed by atoms with E-state index in [1.165, 1.54) is 6.07 Å². The lowest BCUT2D eigenvalue weighted by molar-refractivity contribution is -0.384. The Bertz CT molecular complexity index is 876. The fraction of sp³-hybridized carbons (Fsp3) is 0.176. The molecular formula is C17H15FN2O6S. The molecule has 27 heavy (non-hydrogen) atoms. The smallest absolute Gasteiger partial charge is 0.335 e. The normalized spacial score (nSPS) is 11.6. The van der Waals surface area contributed by atoms with Crippen LogP contribution in [0.25, 0.3) is 0 Å². The molecule has 2 aromatic carbocycles. The standard InChI is InChI=1S/C17H15FN2O6S/c18-12-4-2-1-3-11(12)8-27-9-14(17(23)24)19-13-6-5-10(16(21)22)7-15(13)20(25)26/h1-7,14,19H,8-9H2,(H,21,22)(H,23,24)/t14-/m1/s1. The summed E-state index contributed by atoms with van der Waals surface area (Å²) in [5.41, 5.74) is -0.513. The zero-order valence-corrected chi connectivity index (χ0v) is 14.6. The van der Waals surface area contributed by atoms with E-state index in [2.05, 4.69) is 5.32 Å². The molecule has 8 nitrogen and oxygen atoms in total. The molecule has 2 rings (SSSR count). The molecule has 0 saturated carbocycles. The van der Waals surface area contributed by atoms with E-state index in [9.17, 15) is 29.2 Å². The summed E-state index contributed by atoms with van der Waals surface area (Å²) in [4.78, 5) is 32.8. The summed E-state index contributed by atoms with van der Waals surface area (Å²) < 4.78 is 13.6. The van der Waals surface area contributed by atoms with Gasteiger partial charge in [-0.25, -0.2) is 14.0 Å². The molecule has 0 bridgehead atoms. The molecule has 0 fully saturated rings. The van der Waals surface area contributed by atoms with Crippen molar-refractivity contribution in [2.75, 3.05) is 11.1 Å². The van der Waals surface area contributed by atoms with E-state index < -0.39 is 34.4 Å². The number of anilines is 1. The van der Waals surface area contributed by atoms with E-state index in [1.807, 2.05) is 0 Å². The van der Waals surface area contributed by atoms with Crippen molar-refractivity contribution in [2.45, 2.75) is 11.8 Å². The molecule has 3 N–H and O–H groups in total. The number of carboxylic acids is 2. The van der Waals surface area contributed by atoms with Gasteiger partial charge in [0, 0.05) is 17.6 Å². The van der Waals surface area contributed by atoms with Gasteiger partial charge in [0.2, 0.25) is 0 Å². The molecule has 0 aliphatic carbocycles. The maximum atomic E-state index is 13.6. The van der Waals surface area contributed by atoms with Crippen LogP contribution in [-0.4, -0.2) is 38.9 Å². The van der Waals surface area contributed by atoms with Crippen LogP contribution in [0.1, 0.15) is 15.9 Å². The molecule has 10 heteroatoms. The van der Waals surface area contributed by atoms with Gasteiger partial charge in [-0.3, -0.25) is 10.1 Å². The number of thioether (sulfide) groups is 1. The number of nitro benzene ring substituents is 1. The van der Waals surface area contributed by atoms with Crippen LogP contribution >= 0.6 is 11.8 Å². The second-order valence-corrected chi connectivity index (χ2v) is 6.47. The lowest BCUT2D eigenvalue weighted by Crippen LogP contribution is -2.32. The Hall–Kier alpha value is -3.14. The SMILES string of the molecule is O=C(O)c1ccc(N[C@H](CSCc2ccccc2F)C(=O)O)c([N+](=O)[O-])c1. The Balaban J connectivity index is 2.11. The number of nitrogens with zero attached hydrogens (tertiary/aromatic N) is 1. The van der Waals surface area contributed by atoms with Crippen LogP contribution in [0.3, 0.4) is 0 Å². The lowest BCUT2D eigenvalue weighted by Gasteiger charge is -2.16. The number of nitrogens with one attached hydrogen (secondary N) is 1. The largest absolute Gasteiger partial charge is 0.480 e. The fourth-order valence-electron chi connectivity index (χ4n) is 2.20. The predicted molar refractivity (Wildman–Crippen MR) is 97.7 cm³/mol. The van der Waals surface area contributed by atoms with Crippen molar-refractivity contribution in [3.63, 3.8) is 0 Å². The number of nitro groups is 1. The molecule has 0 radical (unpaired) electrons. The average molecular weight is 394 g/mol. The van der Waals surface area contributed by atoms with Crippen LogP contribution in [0, 0.1) is 15.9 Å². The summed E-state index contributed by atoms with van der Waals surface area (Å²) in [6.45, 7) is 0. The predicted octanol–water partition coefficient (Wildman–Crippen LogP) is 3.23. The summed E-state index contributed by atoms with van der Waals surface area (Å²) >= 11 is 1.15. The molecule has 0 aromatic heterocycles. The Morgan fingerprint density at radius 3 is 2.52 bits per heavy atom. The van der Waals surface area contributed by atoms with Crippen LogP contribution in [0.5, 0.6) is 0 Å². The minimum absolute atomic E-state index is 0.0154. The lowest BCUT2D eigenvalue weighted by atomic mass is 10.1. The topological polar surface area (TPSA) is 130 Å². The number of rotatable bonds is 9. The number of aliphatic carboxylic acids is 1. The van der Waals surface area contributed by atoms with Gasteiger partial charge in [-0.05, 0) is 23.8 Å². The number of carbonyl (C=O) groups is 2. The van der Waals surface area contributed by atoms with Crippen molar-refractivity contribution in [3.05, 3.63) is 69.5 Å². The molecule has 0 amide bonds. The van der Waals surface area contributed by atoms with Gasteiger partial charge in [-0.1, -0.05) is 18.2 Å². The van der Waals surface area contributed by atoms with Gasteiger partial charge in [-0.2, -0.15) is 11.8 Å². The van der Waals surface area contributed by atoms with Gasteiger partial charge in [0.1, 0.15) is 17.5 Å². The minimum atomic E-state index is -1.33. The number of hydrogen-bond donors (Lipinski definition) is 3. The van der Waals surface area contributed by atoms with Gasteiger partial charge in [-0.15, -0.1) is 0 Å². The first-order valence-corrected chi connectivity index (χ1v) is 8.77. The molecule has 0 spiro atoms. The number of benzene rings is 2.